The molecule has 1 fully saturated rings. The van der Waals surface area contributed by atoms with Crippen LogP contribution in [0.25, 0.3) is 0 Å². The van der Waals surface area contributed by atoms with Gasteiger partial charge in [-0.1, -0.05) is 11.8 Å². The molecule has 0 amide bonds. The average Bonchev–Trinajstić information content (AvgIpc) is 2.37. The van der Waals surface area contributed by atoms with Crippen LogP contribution in [0.15, 0.2) is 18.5 Å². The van der Waals surface area contributed by atoms with E-state index in [4.69, 9.17) is 4.74 Å². The van der Waals surface area contributed by atoms with Crippen molar-refractivity contribution in [3.63, 3.8) is 0 Å². The first-order valence-corrected chi connectivity index (χ1v) is 6.74. The van der Waals surface area contributed by atoms with Gasteiger partial charge in [-0.25, -0.2) is 0 Å². The predicted molar refractivity (Wildman–Crippen MR) is 72.8 cm³/mol. The SMILES string of the molecule is FCCCCC#Cc1cncc(OC[C@@H]2CCN2)c1. The maximum absolute atomic E-state index is 11.9. The van der Waals surface area contributed by atoms with Crippen LogP contribution in [0.5, 0.6) is 5.75 Å². The van der Waals surface area contributed by atoms with Crippen molar-refractivity contribution in [2.75, 3.05) is 19.8 Å². The number of unbranched alkanes of at least 4 members (excludes halogenated alkanes) is 2. The van der Waals surface area contributed by atoms with Gasteiger partial charge in [0.15, 0.2) is 0 Å². The van der Waals surface area contributed by atoms with Crippen LogP contribution in [-0.4, -0.2) is 30.9 Å². The number of aromatic nitrogens is 1. The fourth-order valence-electron chi connectivity index (χ4n) is 1.73. The second kappa shape index (κ2) is 7.75. The molecule has 1 saturated heterocycles. The molecule has 0 spiro atoms. The van der Waals surface area contributed by atoms with Crippen LogP contribution in [0.4, 0.5) is 4.39 Å². The number of pyridine rings is 1. The third kappa shape index (κ3) is 4.88. The van der Waals surface area contributed by atoms with E-state index in [0.29, 0.717) is 19.1 Å². The van der Waals surface area contributed by atoms with E-state index in [1.54, 1.807) is 12.4 Å². The molecule has 1 aromatic rings. The van der Waals surface area contributed by atoms with Crippen molar-refractivity contribution < 1.29 is 9.13 Å². The first-order valence-electron chi connectivity index (χ1n) is 6.74. The van der Waals surface area contributed by atoms with Gasteiger partial charge in [0.1, 0.15) is 12.4 Å². The first kappa shape index (κ1) is 13.8. The minimum atomic E-state index is -0.262. The number of nitrogens with one attached hydrogen (secondary N) is 1. The lowest BCUT2D eigenvalue weighted by molar-refractivity contribution is 0.217. The van der Waals surface area contributed by atoms with Crippen molar-refractivity contribution in [2.45, 2.75) is 31.7 Å². The Morgan fingerprint density at radius 2 is 2.32 bits per heavy atom. The quantitative estimate of drug-likeness (QED) is 0.631. The highest BCUT2D eigenvalue weighted by Gasteiger charge is 2.16. The van der Waals surface area contributed by atoms with E-state index in [2.05, 4.69) is 22.1 Å². The normalized spacial score (nSPS) is 17.2. The molecular formula is C15H19FN2O. The van der Waals surface area contributed by atoms with Crippen LogP contribution in [0.1, 0.15) is 31.2 Å². The summed E-state index contributed by atoms with van der Waals surface area (Å²) in [6, 6.07) is 2.36. The van der Waals surface area contributed by atoms with Crippen LogP contribution >= 0.6 is 0 Å². The predicted octanol–water partition coefficient (Wildman–Crippen LogP) is 2.31. The van der Waals surface area contributed by atoms with Crippen molar-refractivity contribution in [2.24, 2.45) is 0 Å². The summed E-state index contributed by atoms with van der Waals surface area (Å²) in [5.74, 6) is 6.81. The third-order valence-electron chi connectivity index (χ3n) is 3.01. The minimum Gasteiger partial charge on any atom is -0.490 e. The second-order valence-electron chi connectivity index (χ2n) is 4.61. The van der Waals surface area contributed by atoms with E-state index in [9.17, 15) is 4.39 Å². The molecule has 3 nitrogen and oxygen atoms in total. The Kier molecular flexibility index (Phi) is 5.64. The highest BCUT2D eigenvalue weighted by Crippen LogP contribution is 2.12. The van der Waals surface area contributed by atoms with Gasteiger partial charge in [0.05, 0.1) is 12.9 Å². The standard InChI is InChI=1S/C15H19FN2O/c16-7-4-2-1-3-5-13-9-15(11-17-10-13)19-12-14-6-8-18-14/h9-11,14,18H,1-2,4,6-8,12H2/t14-/m0/s1. The van der Waals surface area contributed by atoms with E-state index in [0.717, 1.165) is 30.7 Å². The zero-order valence-corrected chi connectivity index (χ0v) is 11.0. The Labute approximate surface area is 113 Å². The first-order chi connectivity index (χ1) is 9.38. The van der Waals surface area contributed by atoms with Gasteiger partial charge in [-0.05, 0) is 31.9 Å². The van der Waals surface area contributed by atoms with Crippen molar-refractivity contribution in [1.29, 1.82) is 0 Å². The second-order valence-corrected chi connectivity index (χ2v) is 4.61. The molecule has 1 aromatic heterocycles. The summed E-state index contributed by atoms with van der Waals surface area (Å²) in [5, 5.41) is 3.28. The minimum absolute atomic E-state index is 0.262. The van der Waals surface area contributed by atoms with Crippen LogP contribution in [-0.2, 0) is 0 Å². The van der Waals surface area contributed by atoms with Crippen molar-refractivity contribution in [3.05, 3.63) is 24.0 Å². The Morgan fingerprint density at radius 3 is 3.05 bits per heavy atom. The fraction of sp³-hybridized carbons (Fsp3) is 0.533. The van der Waals surface area contributed by atoms with Gasteiger partial charge in [-0.2, -0.15) is 0 Å². The third-order valence-corrected chi connectivity index (χ3v) is 3.01. The molecule has 1 aliphatic rings. The van der Waals surface area contributed by atoms with Crippen molar-refractivity contribution in [3.8, 4) is 17.6 Å². The molecule has 2 rings (SSSR count). The average molecular weight is 262 g/mol. The van der Waals surface area contributed by atoms with E-state index in [1.165, 1.54) is 6.42 Å². The van der Waals surface area contributed by atoms with E-state index in [-0.39, 0.29) is 6.67 Å². The zero-order chi connectivity index (χ0) is 13.3. The van der Waals surface area contributed by atoms with Crippen LogP contribution in [0, 0.1) is 11.8 Å². The number of hydrogen-bond donors (Lipinski definition) is 1. The van der Waals surface area contributed by atoms with Crippen LogP contribution in [0.2, 0.25) is 0 Å². The number of alkyl halides is 1. The molecule has 4 heteroatoms. The van der Waals surface area contributed by atoms with Gasteiger partial charge in [0.25, 0.3) is 0 Å². The van der Waals surface area contributed by atoms with Gasteiger partial charge in [0, 0.05) is 24.2 Å². The molecule has 0 aliphatic carbocycles. The molecular weight excluding hydrogens is 243 g/mol. The maximum atomic E-state index is 11.9. The Morgan fingerprint density at radius 1 is 1.42 bits per heavy atom. The molecule has 0 unspecified atom stereocenters. The summed E-state index contributed by atoms with van der Waals surface area (Å²) in [5.41, 5.74) is 0.847. The smallest absolute Gasteiger partial charge is 0.138 e. The molecule has 1 atom stereocenters. The summed E-state index contributed by atoms with van der Waals surface area (Å²) in [6.45, 7) is 1.49. The molecule has 19 heavy (non-hydrogen) atoms. The summed E-state index contributed by atoms with van der Waals surface area (Å²) in [4.78, 5) is 4.11. The van der Waals surface area contributed by atoms with E-state index in [1.807, 2.05) is 6.07 Å². The van der Waals surface area contributed by atoms with Gasteiger partial charge >= 0.3 is 0 Å². The lowest BCUT2D eigenvalue weighted by Crippen LogP contribution is -2.46. The maximum Gasteiger partial charge on any atom is 0.138 e. The Balaban J connectivity index is 1.80. The van der Waals surface area contributed by atoms with Crippen LogP contribution < -0.4 is 10.1 Å². The molecule has 1 aliphatic heterocycles. The lowest BCUT2D eigenvalue weighted by atomic mass is 10.1. The summed E-state index contributed by atoms with van der Waals surface area (Å²) < 4.78 is 17.6. The van der Waals surface area contributed by atoms with Gasteiger partial charge < -0.3 is 10.1 Å². The molecule has 102 valence electrons. The van der Waals surface area contributed by atoms with Gasteiger partial charge in [-0.3, -0.25) is 9.37 Å². The van der Waals surface area contributed by atoms with Crippen LogP contribution in [0.3, 0.4) is 0 Å². The zero-order valence-electron chi connectivity index (χ0n) is 11.0. The van der Waals surface area contributed by atoms with Gasteiger partial charge in [-0.15, -0.1) is 0 Å². The molecule has 0 aromatic carbocycles. The largest absolute Gasteiger partial charge is 0.490 e. The molecule has 0 bridgehead atoms. The molecule has 0 radical (unpaired) electrons. The Bertz CT molecular complexity index is 449. The topological polar surface area (TPSA) is 34.1 Å². The number of hydrogen-bond acceptors (Lipinski definition) is 3. The van der Waals surface area contributed by atoms with Crippen molar-refractivity contribution >= 4 is 0 Å². The van der Waals surface area contributed by atoms with E-state index < -0.39 is 0 Å². The number of ether oxygens (including phenoxy) is 1. The molecule has 0 saturated carbocycles. The van der Waals surface area contributed by atoms with Gasteiger partial charge in [0.2, 0.25) is 0 Å². The number of halogens is 1. The fourth-order valence-corrected chi connectivity index (χ4v) is 1.73. The highest BCUT2D eigenvalue weighted by atomic mass is 19.1. The number of rotatable bonds is 6. The molecule has 2 heterocycles. The summed E-state index contributed by atoms with van der Waals surface area (Å²) in [7, 11) is 0. The van der Waals surface area contributed by atoms with E-state index >= 15 is 0 Å². The summed E-state index contributed by atoms with van der Waals surface area (Å²) >= 11 is 0. The number of nitrogens with zero attached hydrogens (tertiary/aromatic N) is 1. The summed E-state index contributed by atoms with van der Waals surface area (Å²) in [6.07, 6.45) is 6.71. The lowest BCUT2D eigenvalue weighted by Gasteiger charge is -2.27. The van der Waals surface area contributed by atoms with Crippen molar-refractivity contribution in [1.82, 2.24) is 10.3 Å². The Hall–Kier alpha value is -1.60. The highest BCUT2D eigenvalue weighted by molar-refractivity contribution is 5.36. The molecule has 1 N–H and O–H groups in total. The monoisotopic (exact) mass is 262 g/mol.